The Hall–Kier alpha value is -2.70. The molecule has 1 N–H and O–H groups in total. The number of carboxylic acids is 1. The van der Waals surface area contributed by atoms with Gasteiger partial charge in [-0.1, -0.05) is 29.8 Å². The van der Waals surface area contributed by atoms with Crippen molar-refractivity contribution in [2.45, 2.75) is 19.4 Å². The van der Waals surface area contributed by atoms with Crippen molar-refractivity contribution in [3.8, 4) is 16.9 Å². The third kappa shape index (κ3) is 3.41. The molecule has 0 fully saturated rings. The van der Waals surface area contributed by atoms with Crippen LogP contribution >= 0.6 is 11.6 Å². The Balaban J connectivity index is 1.84. The fourth-order valence-corrected chi connectivity index (χ4v) is 3.87. The van der Waals surface area contributed by atoms with Gasteiger partial charge in [-0.3, -0.25) is 4.79 Å². The maximum Gasteiger partial charge on any atom is 0.307 e. The third-order valence-electron chi connectivity index (χ3n) is 4.98. The molecule has 1 aromatic heterocycles. The van der Waals surface area contributed by atoms with Crippen molar-refractivity contribution >= 4 is 17.6 Å². The van der Waals surface area contributed by atoms with E-state index in [-0.39, 0.29) is 6.42 Å². The van der Waals surface area contributed by atoms with E-state index in [4.69, 9.17) is 21.8 Å². The number of fused-ring (bicyclic) bond motifs is 1. The SMILES string of the molecule is CN1CCc2c(c(-c3c(F)cccc3Cl)nn2-c2ccc(CC(=O)O)cc2)C1. The first-order valence-electron chi connectivity index (χ1n) is 8.99. The van der Waals surface area contributed by atoms with E-state index in [9.17, 15) is 9.18 Å². The van der Waals surface area contributed by atoms with Crippen LogP contribution in [0.1, 0.15) is 16.8 Å². The van der Waals surface area contributed by atoms with Gasteiger partial charge in [-0.2, -0.15) is 5.10 Å². The van der Waals surface area contributed by atoms with Gasteiger partial charge in [0.25, 0.3) is 0 Å². The quantitative estimate of drug-likeness (QED) is 0.721. The van der Waals surface area contributed by atoms with Crippen LogP contribution in [0.3, 0.4) is 0 Å². The first-order valence-corrected chi connectivity index (χ1v) is 9.36. The highest BCUT2D eigenvalue weighted by molar-refractivity contribution is 6.33. The number of likely N-dealkylation sites (N-methyl/N-ethyl adjacent to an activating group) is 1. The van der Waals surface area contributed by atoms with Crippen molar-refractivity contribution in [3.05, 3.63) is 70.1 Å². The number of nitrogens with zero attached hydrogens (tertiary/aromatic N) is 3. The van der Waals surface area contributed by atoms with Gasteiger partial charge < -0.3 is 10.0 Å². The van der Waals surface area contributed by atoms with Crippen LogP contribution in [0.5, 0.6) is 0 Å². The molecule has 3 aromatic rings. The molecule has 1 aliphatic rings. The largest absolute Gasteiger partial charge is 0.481 e. The molecule has 0 saturated heterocycles. The lowest BCUT2D eigenvalue weighted by molar-refractivity contribution is -0.136. The second-order valence-electron chi connectivity index (χ2n) is 7.01. The summed E-state index contributed by atoms with van der Waals surface area (Å²) < 4.78 is 16.4. The number of benzene rings is 2. The predicted octanol–water partition coefficient (Wildman–Crippen LogP) is 3.95. The van der Waals surface area contributed by atoms with Gasteiger partial charge in [0, 0.05) is 25.1 Å². The van der Waals surface area contributed by atoms with Gasteiger partial charge in [0.2, 0.25) is 0 Å². The maximum absolute atomic E-state index is 14.6. The average Bonchev–Trinajstić information content (AvgIpc) is 3.00. The van der Waals surface area contributed by atoms with Crippen LogP contribution in [-0.2, 0) is 24.2 Å². The van der Waals surface area contributed by atoms with Crippen molar-refractivity contribution in [1.29, 1.82) is 0 Å². The standard InChI is InChI=1S/C21H19ClFN3O2/c1-25-10-9-18-15(12-25)21(20-16(22)3-2-4-17(20)23)24-26(18)14-7-5-13(6-8-14)11-19(27)28/h2-8H,9-12H2,1H3,(H,27,28). The summed E-state index contributed by atoms with van der Waals surface area (Å²) in [6, 6.07) is 11.9. The molecule has 2 aromatic carbocycles. The van der Waals surface area contributed by atoms with E-state index < -0.39 is 11.8 Å². The highest BCUT2D eigenvalue weighted by atomic mass is 35.5. The summed E-state index contributed by atoms with van der Waals surface area (Å²) in [5.74, 6) is -1.27. The highest BCUT2D eigenvalue weighted by Gasteiger charge is 2.27. The lowest BCUT2D eigenvalue weighted by Crippen LogP contribution is -2.27. The van der Waals surface area contributed by atoms with E-state index >= 15 is 0 Å². The maximum atomic E-state index is 14.6. The molecule has 4 rings (SSSR count). The molecule has 0 saturated carbocycles. The van der Waals surface area contributed by atoms with Crippen molar-refractivity contribution in [2.24, 2.45) is 0 Å². The van der Waals surface area contributed by atoms with Crippen LogP contribution in [0.15, 0.2) is 42.5 Å². The first kappa shape index (κ1) is 18.7. The van der Waals surface area contributed by atoms with Gasteiger partial charge in [0.15, 0.2) is 0 Å². The summed E-state index contributed by atoms with van der Waals surface area (Å²) in [5.41, 5.74) is 4.40. The number of carboxylic acid groups (broad SMARTS) is 1. The lowest BCUT2D eigenvalue weighted by atomic mass is 10.0. The summed E-state index contributed by atoms with van der Waals surface area (Å²) in [7, 11) is 2.02. The molecular weight excluding hydrogens is 381 g/mol. The number of aromatic nitrogens is 2. The Morgan fingerprint density at radius 1 is 1.25 bits per heavy atom. The summed E-state index contributed by atoms with van der Waals surface area (Å²) in [5, 5.41) is 14.0. The Kier molecular flexibility index (Phi) is 4.91. The highest BCUT2D eigenvalue weighted by Crippen LogP contribution is 2.36. The van der Waals surface area contributed by atoms with E-state index in [0.29, 0.717) is 22.8 Å². The summed E-state index contributed by atoms with van der Waals surface area (Å²) in [4.78, 5) is 13.1. The summed E-state index contributed by atoms with van der Waals surface area (Å²) in [6.45, 7) is 1.53. The predicted molar refractivity (Wildman–Crippen MR) is 105 cm³/mol. The molecule has 5 nitrogen and oxygen atoms in total. The topological polar surface area (TPSA) is 58.4 Å². The molecule has 0 amide bonds. The fraction of sp³-hybridized carbons (Fsp3) is 0.238. The number of hydrogen-bond donors (Lipinski definition) is 1. The lowest BCUT2D eigenvalue weighted by Gasteiger charge is -2.23. The van der Waals surface area contributed by atoms with Crippen molar-refractivity contribution in [3.63, 3.8) is 0 Å². The minimum atomic E-state index is -0.872. The number of hydrogen-bond acceptors (Lipinski definition) is 3. The van der Waals surface area contributed by atoms with Gasteiger partial charge >= 0.3 is 5.97 Å². The summed E-state index contributed by atoms with van der Waals surface area (Å²) >= 11 is 6.31. The second-order valence-corrected chi connectivity index (χ2v) is 7.41. The molecule has 2 heterocycles. The van der Waals surface area contributed by atoms with Crippen LogP contribution in [0.25, 0.3) is 16.9 Å². The number of rotatable bonds is 4. The monoisotopic (exact) mass is 399 g/mol. The number of aliphatic carboxylic acids is 1. The Labute approximate surface area is 167 Å². The van der Waals surface area contributed by atoms with Gasteiger partial charge in [-0.25, -0.2) is 9.07 Å². The van der Waals surface area contributed by atoms with Crippen LogP contribution < -0.4 is 0 Å². The third-order valence-corrected chi connectivity index (χ3v) is 5.30. The molecule has 28 heavy (non-hydrogen) atoms. The molecule has 0 radical (unpaired) electrons. The van der Waals surface area contributed by atoms with E-state index in [1.165, 1.54) is 6.07 Å². The molecule has 0 spiro atoms. The smallest absolute Gasteiger partial charge is 0.307 e. The molecular formula is C21H19ClFN3O2. The molecule has 0 atom stereocenters. The average molecular weight is 400 g/mol. The zero-order chi connectivity index (χ0) is 19.8. The van der Waals surface area contributed by atoms with E-state index in [1.807, 2.05) is 23.9 Å². The number of carbonyl (C=O) groups is 1. The van der Waals surface area contributed by atoms with Crippen molar-refractivity contribution in [2.75, 3.05) is 13.6 Å². The van der Waals surface area contributed by atoms with Crippen LogP contribution in [-0.4, -0.2) is 39.3 Å². The van der Waals surface area contributed by atoms with Gasteiger partial charge in [-0.15, -0.1) is 0 Å². The van der Waals surface area contributed by atoms with Gasteiger partial charge in [0.1, 0.15) is 11.5 Å². The zero-order valence-corrected chi connectivity index (χ0v) is 16.1. The molecule has 144 valence electrons. The number of halogens is 2. The fourth-order valence-electron chi connectivity index (χ4n) is 3.62. The van der Waals surface area contributed by atoms with Crippen LogP contribution in [0.2, 0.25) is 5.02 Å². The van der Waals surface area contributed by atoms with E-state index in [2.05, 4.69) is 4.90 Å². The Bertz CT molecular complexity index is 1030. The first-order chi connectivity index (χ1) is 13.4. The van der Waals surface area contributed by atoms with Crippen LogP contribution in [0.4, 0.5) is 4.39 Å². The molecule has 0 unspecified atom stereocenters. The van der Waals surface area contributed by atoms with Crippen molar-refractivity contribution < 1.29 is 14.3 Å². The minimum absolute atomic E-state index is 0.0294. The molecule has 7 heteroatoms. The minimum Gasteiger partial charge on any atom is -0.481 e. The molecule has 0 aliphatic carbocycles. The van der Waals surface area contributed by atoms with Gasteiger partial charge in [0.05, 0.1) is 28.4 Å². The zero-order valence-electron chi connectivity index (χ0n) is 15.3. The van der Waals surface area contributed by atoms with Crippen molar-refractivity contribution in [1.82, 2.24) is 14.7 Å². The molecule has 0 bridgehead atoms. The van der Waals surface area contributed by atoms with E-state index in [0.717, 1.165) is 35.5 Å². The second kappa shape index (κ2) is 7.37. The van der Waals surface area contributed by atoms with Crippen LogP contribution in [0, 0.1) is 5.82 Å². The molecule has 1 aliphatic heterocycles. The Morgan fingerprint density at radius 2 is 2.00 bits per heavy atom. The van der Waals surface area contributed by atoms with Gasteiger partial charge in [-0.05, 0) is 36.9 Å². The summed E-state index contributed by atoms with van der Waals surface area (Å²) in [6.07, 6.45) is 0.750. The van der Waals surface area contributed by atoms with E-state index in [1.54, 1.807) is 24.3 Å². The Morgan fingerprint density at radius 3 is 2.68 bits per heavy atom. The normalized spacial score (nSPS) is 14.1.